The standard InChI is InChI=1S/C18H13ClN4O/c19-14-9-5-4-8-13(14)10-23-11-20-17-15(23)18(24)22-16(21-17)12-6-2-1-3-7-12/h1-9,11H,10H2,(H,21,22,24). The van der Waals surface area contributed by atoms with Crippen molar-refractivity contribution in [3.8, 4) is 11.4 Å². The number of halogens is 1. The van der Waals surface area contributed by atoms with Crippen LogP contribution >= 0.6 is 11.6 Å². The number of hydrogen-bond acceptors (Lipinski definition) is 3. The van der Waals surface area contributed by atoms with E-state index in [9.17, 15) is 4.79 Å². The predicted octanol–water partition coefficient (Wildman–Crippen LogP) is 3.49. The van der Waals surface area contributed by atoms with E-state index < -0.39 is 0 Å². The van der Waals surface area contributed by atoms with E-state index in [1.165, 1.54) is 0 Å². The maximum Gasteiger partial charge on any atom is 0.277 e. The Kier molecular flexibility index (Phi) is 3.63. The third-order valence-corrected chi connectivity index (χ3v) is 4.20. The summed E-state index contributed by atoms with van der Waals surface area (Å²) in [5.74, 6) is 0.510. The minimum absolute atomic E-state index is 0.219. The van der Waals surface area contributed by atoms with Crippen LogP contribution in [0.5, 0.6) is 0 Å². The minimum Gasteiger partial charge on any atom is -0.320 e. The first-order chi connectivity index (χ1) is 11.7. The average Bonchev–Trinajstić information content (AvgIpc) is 3.01. The van der Waals surface area contributed by atoms with Gasteiger partial charge in [0.2, 0.25) is 0 Å². The van der Waals surface area contributed by atoms with E-state index >= 15 is 0 Å². The molecule has 0 aliphatic carbocycles. The Morgan fingerprint density at radius 3 is 2.58 bits per heavy atom. The SMILES string of the molecule is O=c1[nH]c(-c2ccccc2)nc2ncn(Cc3ccccc3Cl)c12. The highest BCUT2D eigenvalue weighted by molar-refractivity contribution is 6.31. The van der Waals surface area contributed by atoms with Crippen molar-refractivity contribution in [1.29, 1.82) is 0 Å². The Bertz CT molecular complexity index is 1070. The van der Waals surface area contributed by atoms with E-state index in [1.807, 2.05) is 54.6 Å². The number of benzene rings is 2. The molecule has 1 N–H and O–H groups in total. The summed E-state index contributed by atoms with van der Waals surface area (Å²) in [6.07, 6.45) is 1.62. The molecule has 2 aromatic carbocycles. The average molecular weight is 337 g/mol. The highest BCUT2D eigenvalue weighted by atomic mass is 35.5. The number of nitrogens with zero attached hydrogens (tertiary/aromatic N) is 3. The van der Waals surface area contributed by atoms with Crippen LogP contribution < -0.4 is 5.56 Å². The van der Waals surface area contributed by atoms with Gasteiger partial charge < -0.3 is 9.55 Å². The predicted molar refractivity (Wildman–Crippen MR) is 94.1 cm³/mol. The third kappa shape index (κ3) is 2.59. The van der Waals surface area contributed by atoms with Gasteiger partial charge in [-0.3, -0.25) is 4.79 Å². The van der Waals surface area contributed by atoms with Gasteiger partial charge in [-0.15, -0.1) is 0 Å². The van der Waals surface area contributed by atoms with E-state index in [-0.39, 0.29) is 5.56 Å². The lowest BCUT2D eigenvalue weighted by molar-refractivity contribution is 0.820. The molecule has 0 atom stereocenters. The quantitative estimate of drug-likeness (QED) is 0.623. The highest BCUT2D eigenvalue weighted by Gasteiger charge is 2.12. The van der Waals surface area contributed by atoms with Crippen molar-refractivity contribution >= 4 is 22.8 Å². The number of aromatic amines is 1. The summed E-state index contributed by atoms with van der Waals surface area (Å²) in [4.78, 5) is 24.1. The summed E-state index contributed by atoms with van der Waals surface area (Å²) in [7, 11) is 0. The van der Waals surface area contributed by atoms with Gasteiger partial charge in [0.15, 0.2) is 11.2 Å². The van der Waals surface area contributed by atoms with Gasteiger partial charge >= 0.3 is 0 Å². The number of imidazole rings is 1. The van der Waals surface area contributed by atoms with Crippen molar-refractivity contribution in [2.75, 3.05) is 0 Å². The molecule has 0 bridgehead atoms. The van der Waals surface area contributed by atoms with Crippen molar-refractivity contribution in [3.63, 3.8) is 0 Å². The van der Waals surface area contributed by atoms with E-state index in [0.717, 1.165) is 11.1 Å². The van der Waals surface area contributed by atoms with Crippen molar-refractivity contribution in [2.45, 2.75) is 6.54 Å². The molecular weight excluding hydrogens is 324 g/mol. The fourth-order valence-corrected chi connectivity index (χ4v) is 2.84. The van der Waals surface area contributed by atoms with E-state index in [4.69, 9.17) is 11.6 Å². The Morgan fingerprint density at radius 1 is 1.04 bits per heavy atom. The first-order valence-electron chi connectivity index (χ1n) is 7.46. The molecule has 0 amide bonds. The van der Waals surface area contributed by atoms with Gasteiger partial charge in [-0.05, 0) is 11.6 Å². The summed E-state index contributed by atoms with van der Waals surface area (Å²) in [6, 6.07) is 17.0. The molecule has 0 saturated heterocycles. The van der Waals surface area contributed by atoms with E-state index in [2.05, 4.69) is 15.0 Å². The summed E-state index contributed by atoms with van der Waals surface area (Å²) in [6.45, 7) is 0.464. The zero-order chi connectivity index (χ0) is 16.5. The van der Waals surface area contributed by atoms with Crippen molar-refractivity contribution < 1.29 is 0 Å². The Balaban J connectivity index is 1.80. The van der Waals surface area contributed by atoms with E-state index in [0.29, 0.717) is 28.6 Å². The zero-order valence-corrected chi connectivity index (χ0v) is 13.4. The lowest BCUT2D eigenvalue weighted by atomic mass is 10.2. The monoisotopic (exact) mass is 336 g/mol. The maximum absolute atomic E-state index is 12.5. The Morgan fingerprint density at radius 2 is 1.79 bits per heavy atom. The lowest BCUT2D eigenvalue weighted by Gasteiger charge is -2.06. The molecule has 5 nitrogen and oxygen atoms in total. The molecule has 0 saturated carbocycles. The van der Waals surface area contributed by atoms with Crippen LogP contribution in [0.3, 0.4) is 0 Å². The van der Waals surface area contributed by atoms with Crippen LogP contribution in [-0.2, 0) is 6.54 Å². The molecule has 0 aliphatic rings. The number of rotatable bonds is 3. The highest BCUT2D eigenvalue weighted by Crippen LogP contribution is 2.19. The fourth-order valence-electron chi connectivity index (χ4n) is 2.65. The van der Waals surface area contributed by atoms with Gasteiger partial charge in [0.1, 0.15) is 5.82 Å². The van der Waals surface area contributed by atoms with Crippen molar-refractivity contribution in [2.24, 2.45) is 0 Å². The topological polar surface area (TPSA) is 63.6 Å². The summed E-state index contributed by atoms with van der Waals surface area (Å²) < 4.78 is 1.76. The van der Waals surface area contributed by atoms with Crippen molar-refractivity contribution in [1.82, 2.24) is 19.5 Å². The van der Waals surface area contributed by atoms with Gasteiger partial charge in [-0.25, -0.2) is 9.97 Å². The summed E-state index contributed by atoms with van der Waals surface area (Å²) in [5.41, 5.74) is 2.41. The van der Waals surface area contributed by atoms with Crippen LogP contribution in [0.2, 0.25) is 5.02 Å². The fraction of sp³-hybridized carbons (Fsp3) is 0.0556. The zero-order valence-electron chi connectivity index (χ0n) is 12.6. The molecule has 24 heavy (non-hydrogen) atoms. The normalized spacial score (nSPS) is 11.0. The smallest absolute Gasteiger partial charge is 0.277 e. The maximum atomic E-state index is 12.5. The first-order valence-corrected chi connectivity index (χ1v) is 7.84. The summed E-state index contributed by atoms with van der Waals surface area (Å²) >= 11 is 6.20. The van der Waals surface area contributed by atoms with Gasteiger partial charge in [0.05, 0.1) is 12.9 Å². The molecule has 0 fully saturated rings. The van der Waals surface area contributed by atoms with Crippen LogP contribution in [-0.4, -0.2) is 19.5 Å². The lowest BCUT2D eigenvalue weighted by Crippen LogP contribution is -2.13. The van der Waals surface area contributed by atoms with Gasteiger partial charge in [0.25, 0.3) is 5.56 Å². The molecule has 0 spiro atoms. The second kappa shape index (κ2) is 5.94. The molecule has 2 heterocycles. The minimum atomic E-state index is -0.219. The largest absolute Gasteiger partial charge is 0.320 e. The molecule has 2 aromatic heterocycles. The number of hydrogen-bond donors (Lipinski definition) is 1. The molecular formula is C18H13ClN4O. The molecule has 4 rings (SSSR count). The summed E-state index contributed by atoms with van der Waals surface area (Å²) in [5, 5.41) is 0.657. The Labute approximate surface area is 142 Å². The molecule has 0 aliphatic heterocycles. The molecule has 4 aromatic rings. The van der Waals surface area contributed by atoms with Crippen LogP contribution in [0, 0.1) is 0 Å². The molecule has 118 valence electrons. The Hall–Kier alpha value is -2.92. The van der Waals surface area contributed by atoms with E-state index in [1.54, 1.807) is 10.9 Å². The van der Waals surface area contributed by atoms with Crippen LogP contribution in [0.15, 0.2) is 65.7 Å². The second-order valence-corrected chi connectivity index (χ2v) is 5.82. The molecule has 0 unspecified atom stereocenters. The third-order valence-electron chi connectivity index (χ3n) is 3.83. The number of fused-ring (bicyclic) bond motifs is 1. The van der Waals surface area contributed by atoms with Crippen LogP contribution in [0.25, 0.3) is 22.6 Å². The molecule has 0 radical (unpaired) electrons. The van der Waals surface area contributed by atoms with Crippen molar-refractivity contribution in [3.05, 3.63) is 81.9 Å². The second-order valence-electron chi connectivity index (χ2n) is 5.42. The number of aromatic nitrogens is 4. The first kappa shape index (κ1) is 14.7. The van der Waals surface area contributed by atoms with Gasteiger partial charge in [0, 0.05) is 10.6 Å². The van der Waals surface area contributed by atoms with Gasteiger partial charge in [-0.1, -0.05) is 60.1 Å². The number of nitrogens with one attached hydrogen (secondary N) is 1. The van der Waals surface area contributed by atoms with Crippen LogP contribution in [0.4, 0.5) is 0 Å². The van der Waals surface area contributed by atoms with Gasteiger partial charge in [-0.2, -0.15) is 0 Å². The number of H-pyrrole nitrogens is 1. The van der Waals surface area contributed by atoms with Crippen LogP contribution in [0.1, 0.15) is 5.56 Å². The molecule has 6 heteroatoms.